The molecule has 0 aliphatic carbocycles. The number of carbonyl (C=O) groups excluding carboxylic acids is 4. The predicted octanol–water partition coefficient (Wildman–Crippen LogP) is 4.69. The molecule has 4 bridgehead atoms. The van der Waals surface area contributed by atoms with Crippen LogP contribution in [0.1, 0.15) is 39.2 Å². The molecule has 0 saturated heterocycles. The smallest absolute Gasteiger partial charge is 0.270 e. The molecule has 6 rings (SSSR count). The number of aromatic nitrogens is 1. The summed E-state index contributed by atoms with van der Waals surface area (Å²) in [5, 5.41) is 11.6. The highest BCUT2D eigenvalue weighted by molar-refractivity contribution is 5.98. The van der Waals surface area contributed by atoms with E-state index in [-0.39, 0.29) is 37.4 Å². The van der Waals surface area contributed by atoms with Crippen molar-refractivity contribution in [1.82, 2.24) is 26.3 Å². The van der Waals surface area contributed by atoms with E-state index in [2.05, 4.69) is 26.3 Å². The van der Waals surface area contributed by atoms with Gasteiger partial charge in [-0.15, -0.1) is 0 Å². The monoisotopic (exact) mass is 681 g/mol. The van der Waals surface area contributed by atoms with Gasteiger partial charge in [0, 0.05) is 25.6 Å². The molecule has 0 spiro atoms. The Labute approximate surface area is 296 Å². The molecule has 1 aliphatic heterocycles. The Bertz CT molecular complexity index is 1960. The minimum Gasteiger partial charge on any atom is -0.457 e. The topological polar surface area (TPSA) is 139 Å². The second-order valence-corrected chi connectivity index (χ2v) is 12.4. The summed E-state index contributed by atoms with van der Waals surface area (Å²) < 4.78 is 6.20. The van der Waals surface area contributed by atoms with E-state index >= 15 is 0 Å². The van der Waals surface area contributed by atoms with Gasteiger partial charge in [-0.05, 0) is 71.5 Å². The third-order valence-electron chi connectivity index (χ3n) is 8.57. The van der Waals surface area contributed by atoms with Crippen LogP contribution in [0.5, 0.6) is 11.5 Å². The largest absolute Gasteiger partial charge is 0.457 e. The molecule has 258 valence electrons. The number of benzene rings is 4. The van der Waals surface area contributed by atoms with Gasteiger partial charge in [0.05, 0.1) is 0 Å². The fourth-order valence-corrected chi connectivity index (χ4v) is 5.90. The van der Waals surface area contributed by atoms with Crippen LogP contribution < -0.4 is 26.0 Å². The van der Waals surface area contributed by atoms with Crippen molar-refractivity contribution in [3.63, 3.8) is 0 Å². The van der Waals surface area contributed by atoms with Gasteiger partial charge < -0.3 is 26.0 Å². The molecule has 0 fully saturated rings. The Morgan fingerprint density at radius 3 is 2.02 bits per heavy atom. The molecular formula is C41H39N5O5. The van der Waals surface area contributed by atoms with Gasteiger partial charge in [-0.2, -0.15) is 0 Å². The van der Waals surface area contributed by atoms with Crippen LogP contribution in [0.4, 0.5) is 0 Å². The van der Waals surface area contributed by atoms with Crippen molar-refractivity contribution in [3.8, 4) is 11.5 Å². The molecule has 2 heterocycles. The zero-order valence-corrected chi connectivity index (χ0v) is 28.0. The number of aryl methyl sites for hydroxylation is 1. The molecule has 10 heteroatoms. The van der Waals surface area contributed by atoms with Gasteiger partial charge in [0.15, 0.2) is 0 Å². The molecule has 4 amide bonds. The van der Waals surface area contributed by atoms with Crippen molar-refractivity contribution >= 4 is 23.6 Å². The van der Waals surface area contributed by atoms with Crippen LogP contribution in [-0.4, -0.2) is 46.7 Å². The molecule has 0 unspecified atom stereocenters. The van der Waals surface area contributed by atoms with Crippen molar-refractivity contribution in [2.45, 2.75) is 50.4 Å². The van der Waals surface area contributed by atoms with Crippen LogP contribution >= 0.6 is 0 Å². The summed E-state index contributed by atoms with van der Waals surface area (Å²) in [6.07, 6.45) is 2.52. The highest BCUT2D eigenvalue weighted by atomic mass is 16.5. The number of rotatable bonds is 8. The highest BCUT2D eigenvalue weighted by Gasteiger charge is 2.31. The molecule has 3 atom stereocenters. The van der Waals surface area contributed by atoms with Gasteiger partial charge in [-0.3, -0.25) is 24.2 Å². The second-order valence-electron chi connectivity index (χ2n) is 12.4. The van der Waals surface area contributed by atoms with Crippen molar-refractivity contribution in [1.29, 1.82) is 0 Å². The number of hydrogen-bond acceptors (Lipinski definition) is 6. The van der Waals surface area contributed by atoms with E-state index in [1.165, 1.54) is 6.20 Å². The number of carbonyl (C=O) groups is 4. The van der Waals surface area contributed by atoms with Crippen LogP contribution in [0.25, 0.3) is 0 Å². The van der Waals surface area contributed by atoms with Gasteiger partial charge >= 0.3 is 0 Å². The quantitative estimate of drug-likeness (QED) is 0.188. The van der Waals surface area contributed by atoms with Crippen molar-refractivity contribution in [3.05, 3.63) is 162 Å². The lowest BCUT2D eigenvalue weighted by Gasteiger charge is -2.26. The normalized spacial score (nSPS) is 17.6. The summed E-state index contributed by atoms with van der Waals surface area (Å²) in [5.74, 6) is -0.893. The summed E-state index contributed by atoms with van der Waals surface area (Å²) in [6.45, 7) is 0.275. The molecule has 1 aliphatic rings. The zero-order chi connectivity index (χ0) is 35.4. The number of hydrogen-bond donors (Lipinski definition) is 4. The summed E-state index contributed by atoms with van der Waals surface area (Å²) in [5.41, 5.74) is 3.56. The molecule has 51 heavy (non-hydrogen) atoms. The predicted molar refractivity (Wildman–Crippen MR) is 193 cm³/mol. The average molecular weight is 682 g/mol. The highest BCUT2D eigenvalue weighted by Crippen LogP contribution is 2.25. The third-order valence-corrected chi connectivity index (χ3v) is 8.57. The van der Waals surface area contributed by atoms with E-state index in [1.807, 2.05) is 103 Å². The second kappa shape index (κ2) is 16.9. The van der Waals surface area contributed by atoms with Crippen molar-refractivity contribution in [2.75, 3.05) is 0 Å². The summed E-state index contributed by atoms with van der Waals surface area (Å²) in [7, 11) is 0. The number of pyridine rings is 1. The fourth-order valence-electron chi connectivity index (χ4n) is 5.90. The summed E-state index contributed by atoms with van der Waals surface area (Å²) in [6, 6.07) is 35.7. The van der Waals surface area contributed by atoms with E-state index in [0.717, 1.165) is 22.3 Å². The number of amides is 4. The van der Waals surface area contributed by atoms with Crippen LogP contribution in [0.15, 0.2) is 134 Å². The Morgan fingerprint density at radius 1 is 0.706 bits per heavy atom. The molecule has 5 aromatic rings. The first-order chi connectivity index (χ1) is 24.9. The number of ether oxygens (including phenoxy) is 1. The van der Waals surface area contributed by atoms with Crippen molar-refractivity contribution < 1.29 is 23.9 Å². The Morgan fingerprint density at radius 2 is 1.35 bits per heavy atom. The molecule has 4 aromatic carbocycles. The molecule has 4 N–H and O–H groups in total. The number of nitrogens with zero attached hydrogens (tertiary/aromatic N) is 1. The molecule has 10 nitrogen and oxygen atoms in total. The van der Waals surface area contributed by atoms with E-state index < -0.39 is 35.8 Å². The molecule has 0 radical (unpaired) electrons. The average Bonchev–Trinajstić information content (AvgIpc) is 3.16. The van der Waals surface area contributed by atoms with Gasteiger partial charge in [0.1, 0.15) is 35.3 Å². The van der Waals surface area contributed by atoms with Gasteiger partial charge in [-0.1, -0.05) is 91.0 Å². The Hall–Kier alpha value is -6.29. The van der Waals surface area contributed by atoms with Gasteiger partial charge in [0.25, 0.3) is 5.91 Å². The molecule has 1 aromatic heterocycles. The van der Waals surface area contributed by atoms with Gasteiger partial charge in [0.2, 0.25) is 17.7 Å². The molecular weight excluding hydrogens is 642 g/mol. The third kappa shape index (κ3) is 9.88. The maximum Gasteiger partial charge on any atom is 0.270 e. The lowest BCUT2D eigenvalue weighted by Crippen LogP contribution is -2.57. The first-order valence-corrected chi connectivity index (χ1v) is 16.9. The molecule has 0 saturated carbocycles. The maximum absolute atomic E-state index is 14.2. The fraction of sp³-hybridized carbons (Fsp3) is 0.195. The van der Waals surface area contributed by atoms with Crippen LogP contribution in [-0.2, 0) is 40.2 Å². The minimum atomic E-state index is -1.07. The number of fused-ring (bicyclic) bond motifs is 4. The lowest BCUT2D eigenvalue weighted by atomic mass is 10.0. The minimum absolute atomic E-state index is 0.110. The lowest BCUT2D eigenvalue weighted by molar-refractivity contribution is -0.132. The van der Waals surface area contributed by atoms with Gasteiger partial charge in [-0.25, -0.2) is 0 Å². The standard InChI is InChI=1S/C41H39N5O5/c47-38(43-27-29-13-5-2-6-14-29)36-25-30-15-9-17-32(23-30)51-33-18-10-16-31(24-33)26-37(46-39(48)34-19-7-8-22-42-34)41(50)44-35(40(49)45-36)21-20-28-11-3-1-4-12-28/h1-19,22-24,35-37H,20-21,25-27H2,(H,43,47)(H,44,50)(H,45,49)(H,46,48)/t35-,36-,37-/m0/s1. The van der Waals surface area contributed by atoms with Crippen LogP contribution in [0, 0.1) is 0 Å². The van der Waals surface area contributed by atoms with E-state index in [4.69, 9.17) is 4.74 Å². The summed E-state index contributed by atoms with van der Waals surface area (Å²) in [4.78, 5) is 59.4. The zero-order valence-electron chi connectivity index (χ0n) is 28.0. The van der Waals surface area contributed by atoms with Crippen molar-refractivity contribution in [2.24, 2.45) is 0 Å². The Kier molecular flexibility index (Phi) is 11.4. The SMILES string of the molecule is O=C(N[C@H]1Cc2cccc(c2)Oc2cccc(c2)C[C@@H](C(=O)NCc2ccccc2)NC(=O)[C@H](CCc2ccccc2)NC1=O)c1ccccn1. The van der Waals surface area contributed by atoms with Crippen LogP contribution in [0.2, 0.25) is 0 Å². The number of nitrogens with one attached hydrogen (secondary N) is 4. The summed E-state index contributed by atoms with van der Waals surface area (Å²) >= 11 is 0. The first-order valence-electron chi connectivity index (χ1n) is 16.9. The first kappa shape index (κ1) is 34.6. The van der Waals surface area contributed by atoms with E-state index in [1.54, 1.807) is 24.3 Å². The Balaban J connectivity index is 1.33. The maximum atomic E-state index is 14.2. The van der Waals surface area contributed by atoms with E-state index in [0.29, 0.717) is 17.9 Å². The van der Waals surface area contributed by atoms with E-state index in [9.17, 15) is 19.2 Å². The van der Waals surface area contributed by atoms with Crippen LogP contribution in [0.3, 0.4) is 0 Å².